The first-order valence-corrected chi connectivity index (χ1v) is 11.0. The van der Waals surface area contributed by atoms with E-state index in [0.717, 1.165) is 0 Å². The first kappa shape index (κ1) is 21.9. The maximum absolute atomic E-state index is 14.8. The molecule has 2 aliphatic rings. The lowest BCUT2D eigenvalue weighted by Gasteiger charge is -2.29. The van der Waals surface area contributed by atoms with E-state index in [1.54, 1.807) is 36.4 Å². The smallest absolute Gasteiger partial charge is 0.414 e. The summed E-state index contributed by atoms with van der Waals surface area (Å²) in [6.45, 7) is 2.44. The van der Waals surface area contributed by atoms with Gasteiger partial charge in [0.25, 0.3) is 5.91 Å². The number of fused-ring (bicyclic) bond motifs is 1. The molecule has 10 heteroatoms. The lowest BCUT2D eigenvalue weighted by Crippen LogP contribution is -2.37. The van der Waals surface area contributed by atoms with Crippen LogP contribution in [0.4, 0.5) is 20.6 Å². The molecule has 1 aromatic heterocycles. The van der Waals surface area contributed by atoms with Crippen molar-refractivity contribution < 1.29 is 23.5 Å². The number of aromatic nitrogens is 1. The fourth-order valence-electron chi connectivity index (χ4n) is 4.20. The minimum Gasteiger partial charge on any atom is -0.442 e. The molecule has 3 aromatic rings. The van der Waals surface area contributed by atoms with E-state index < -0.39 is 23.9 Å². The molecule has 3 heterocycles. The molecule has 0 aliphatic carbocycles. The Hall–Kier alpha value is -3.92. The summed E-state index contributed by atoms with van der Waals surface area (Å²) in [6.07, 6.45) is 0.102. The molecule has 2 amide bonds. The minimum atomic E-state index is -0.641. The fourth-order valence-corrected chi connectivity index (χ4v) is 4.20. The topological polar surface area (TPSA) is 104 Å². The largest absolute Gasteiger partial charge is 0.442 e. The predicted octanol–water partition coefficient (Wildman–Crippen LogP) is 2.26. The second-order valence-electron chi connectivity index (χ2n) is 8.14. The Bertz CT molecular complexity index is 1300. The summed E-state index contributed by atoms with van der Waals surface area (Å²) in [5.41, 5.74) is 1.06. The standard InChI is InChI=1S/C24H23FN4O5/c25-19-11-15(5-6-21(19)28-7-9-33-10-8-28)29-14-16(34-24(29)32)12-27-23(31)18-13-26-20-4-2-1-3-17(20)22(18)30/h1-6,11,13,16H,7-10,12,14H2,(H,26,30)(H,27,31)/t16-/m0/s1. The monoisotopic (exact) mass is 466 g/mol. The first-order valence-electron chi connectivity index (χ1n) is 11.0. The van der Waals surface area contributed by atoms with Crippen molar-refractivity contribution in [2.75, 3.05) is 49.2 Å². The number of aromatic amines is 1. The van der Waals surface area contributed by atoms with Crippen molar-refractivity contribution in [3.63, 3.8) is 0 Å². The van der Waals surface area contributed by atoms with Gasteiger partial charge in [-0.2, -0.15) is 0 Å². The molecular formula is C24H23FN4O5. The molecule has 9 nitrogen and oxygen atoms in total. The van der Waals surface area contributed by atoms with Crippen LogP contribution >= 0.6 is 0 Å². The van der Waals surface area contributed by atoms with Gasteiger partial charge in [0.2, 0.25) is 5.43 Å². The number of nitrogens with one attached hydrogen (secondary N) is 2. The summed E-state index contributed by atoms with van der Waals surface area (Å²) in [4.78, 5) is 43.7. The predicted molar refractivity (Wildman–Crippen MR) is 124 cm³/mol. The van der Waals surface area contributed by atoms with E-state index in [2.05, 4.69) is 10.3 Å². The molecule has 1 atom stereocenters. The third-order valence-electron chi connectivity index (χ3n) is 5.99. The Morgan fingerprint density at radius 3 is 2.74 bits per heavy atom. The van der Waals surface area contributed by atoms with E-state index in [1.807, 2.05) is 4.90 Å². The van der Waals surface area contributed by atoms with E-state index in [4.69, 9.17) is 9.47 Å². The van der Waals surface area contributed by atoms with E-state index in [1.165, 1.54) is 17.2 Å². The molecule has 176 valence electrons. The number of amides is 2. The van der Waals surface area contributed by atoms with Crippen LogP contribution in [-0.4, -0.2) is 62.5 Å². The van der Waals surface area contributed by atoms with Crippen molar-refractivity contribution in [2.24, 2.45) is 0 Å². The number of cyclic esters (lactones) is 1. The number of carbonyl (C=O) groups excluding carboxylic acids is 2. The lowest BCUT2D eigenvalue weighted by atomic mass is 10.1. The maximum atomic E-state index is 14.8. The third kappa shape index (κ3) is 4.19. The van der Waals surface area contributed by atoms with Crippen molar-refractivity contribution in [3.05, 3.63) is 70.3 Å². The van der Waals surface area contributed by atoms with Crippen LogP contribution in [0, 0.1) is 5.82 Å². The second-order valence-corrected chi connectivity index (χ2v) is 8.14. The fraction of sp³-hybridized carbons (Fsp3) is 0.292. The number of nitrogens with zero attached hydrogens (tertiary/aromatic N) is 2. The van der Waals surface area contributed by atoms with Crippen LogP contribution in [0.3, 0.4) is 0 Å². The SMILES string of the molecule is O=C(NC[C@H]1CN(c2ccc(N3CCOCC3)c(F)c2)C(=O)O1)c1c[nH]c2ccccc2c1=O. The van der Waals surface area contributed by atoms with Gasteiger partial charge in [-0.3, -0.25) is 14.5 Å². The van der Waals surface area contributed by atoms with Crippen LogP contribution in [-0.2, 0) is 9.47 Å². The quantitative estimate of drug-likeness (QED) is 0.598. The lowest BCUT2D eigenvalue weighted by molar-refractivity contribution is 0.0915. The number of hydrogen-bond acceptors (Lipinski definition) is 6. The minimum absolute atomic E-state index is 0.0156. The zero-order valence-electron chi connectivity index (χ0n) is 18.3. The van der Waals surface area contributed by atoms with Crippen LogP contribution in [0.5, 0.6) is 0 Å². The van der Waals surface area contributed by atoms with Gasteiger partial charge in [-0.25, -0.2) is 9.18 Å². The highest BCUT2D eigenvalue weighted by Gasteiger charge is 2.33. The summed E-state index contributed by atoms with van der Waals surface area (Å²) in [5.74, 6) is -0.998. The molecule has 2 aromatic carbocycles. The van der Waals surface area contributed by atoms with Crippen LogP contribution in [0.25, 0.3) is 10.9 Å². The summed E-state index contributed by atoms with van der Waals surface area (Å²) in [7, 11) is 0. The van der Waals surface area contributed by atoms with Crippen molar-refractivity contribution in [3.8, 4) is 0 Å². The third-order valence-corrected chi connectivity index (χ3v) is 5.99. The normalized spacial score (nSPS) is 18.3. The van der Waals surface area contributed by atoms with Crippen LogP contribution < -0.4 is 20.5 Å². The Balaban J connectivity index is 1.23. The molecule has 34 heavy (non-hydrogen) atoms. The van der Waals surface area contributed by atoms with Crippen molar-refractivity contribution in [1.82, 2.24) is 10.3 Å². The number of anilines is 2. The molecule has 0 bridgehead atoms. The van der Waals surface area contributed by atoms with Crippen molar-refractivity contribution >= 4 is 34.3 Å². The van der Waals surface area contributed by atoms with Gasteiger partial charge in [0.15, 0.2) is 0 Å². The molecule has 2 saturated heterocycles. The number of hydrogen-bond donors (Lipinski definition) is 2. The van der Waals surface area contributed by atoms with Gasteiger partial charge in [-0.05, 0) is 30.3 Å². The number of rotatable bonds is 5. The summed E-state index contributed by atoms with van der Waals surface area (Å²) < 4.78 is 25.4. The molecule has 2 fully saturated rings. The number of pyridine rings is 1. The number of H-pyrrole nitrogens is 1. The molecule has 0 radical (unpaired) electrons. The zero-order valence-corrected chi connectivity index (χ0v) is 18.3. The number of carbonyl (C=O) groups is 2. The Morgan fingerprint density at radius 2 is 1.94 bits per heavy atom. The highest BCUT2D eigenvalue weighted by molar-refractivity contribution is 5.97. The van der Waals surface area contributed by atoms with Gasteiger partial charge < -0.3 is 24.7 Å². The highest BCUT2D eigenvalue weighted by Crippen LogP contribution is 2.28. The average molecular weight is 466 g/mol. The molecular weight excluding hydrogens is 443 g/mol. The molecule has 2 aliphatic heterocycles. The van der Waals surface area contributed by atoms with Gasteiger partial charge in [-0.1, -0.05) is 12.1 Å². The molecule has 5 rings (SSSR count). The maximum Gasteiger partial charge on any atom is 0.414 e. The highest BCUT2D eigenvalue weighted by atomic mass is 19.1. The van der Waals surface area contributed by atoms with E-state index in [-0.39, 0.29) is 24.1 Å². The Morgan fingerprint density at radius 1 is 1.15 bits per heavy atom. The Labute approximate surface area is 194 Å². The van der Waals surface area contributed by atoms with E-state index in [0.29, 0.717) is 48.6 Å². The number of ether oxygens (including phenoxy) is 2. The molecule has 0 saturated carbocycles. The average Bonchev–Trinajstić information content (AvgIpc) is 3.24. The molecule has 0 spiro atoms. The second kappa shape index (κ2) is 9.14. The first-order chi connectivity index (χ1) is 16.5. The van der Waals surface area contributed by atoms with Crippen molar-refractivity contribution in [2.45, 2.75) is 6.10 Å². The van der Waals surface area contributed by atoms with Crippen molar-refractivity contribution in [1.29, 1.82) is 0 Å². The number of morpholine rings is 1. The Kier molecular flexibility index (Phi) is 5.89. The van der Waals surface area contributed by atoms with E-state index in [9.17, 15) is 18.8 Å². The molecule has 2 N–H and O–H groups in total. The van der Waals surface area contributed by atoms with Gasteiger partial charge >= 0.3 is 6.09 Å². The number of halogens is 1. The van der Waals surface area contributed by atoms with Gasteiger partial charge in [0.05, 0.1) is 37.7 Å². The van der Waals surface area contributed by atoms with Crippen LogP contribution in [0.15, 0.2) is 53.5 Å². The number of para-hydroxylation sites is 1. The van der Waals surface area contributed by atoms with E-state index >= 15 is 0 Å². The summed E-state index contributed by atoms with van der Waals surface area (Å²) in [6, 6.07) is 11.5. The van der Waals surface area contributed by atoms with Gasteiger partial charge in [0, 0.05) is 30.2 Å². The summed E-state index contributed by atoms with van der Waals surface area (Å²) >= 11 is 0. The molecule has 0 unspecified atom stereocenters. The number of benzene rings is 2. The van der Waals surface area contributed by atoms with Gasteiger partial charge in [-0.15, -0.1) is 0 Å². The van der Waals surface area contributed by atoms with Crippen LogP contribution in [0.1, 0.15) is 10.4 Å². The van der Waals surface area contributed by atoms with Crippen LogP contribution in [0.2, 0.25) is 0 Å². The van der Waals surface area contributed by atoms with Gasteiger partial charge in [0.1, 0.15) is 17.5 Å². The zero-order chi connectivity index (χ0) is 23.7. The summed E-state index contributed by atoms with van der Waals surface area (Å²) in [5, 5.41) is 3.06.